The van der Waals surface area contributed by atoms with Gasteiger partial charge in [-0.1, -0.05) is 50.1 Å². The van der Waals surface area contributed by atoms with Crippen molar-refractivity contribution in [3.8, 4) is 0 Å². The highest BCUT2D eigenvalue weighted by molar-refractivity contribution is 5.65. The van der Waals surface area contributed by atoms with Crippen LogP contribution in [-0.4, -0.2) is 0 Å². The molecule has 17 heavy (non-hydrogen) atoms. The Morgan fingerprint density at radius 3 is 2.29 bits per heavy atom. The molecule has 1 fully saturated rings. The van der Waals surface area contributed by atoms with Gasteiger partial charge >= 0.3 is 0 Å². The standard InChI is InChI=1S/C16H23N/c1-12(14-6-4-3-5-7-14)15-8-10-16(11-9-15)13(2)17/h8-11,13-14H,1,3-7,17H2,2H3. The van der Waals surface area contributed by atoms with Gasteiger partial charge in [-0.15, -0.1) is 0 Å². The Balaban J connectivity index is 2.08. The van der Waals surface area contributed by atoms with Crippen LogP contribution in [-0.2, 0) is 0 Å². The van der Waals surface area contributed by atoms with Crippen LogP contribution in [0.2, 0.25) is 0 Å². The second kappa shape index (κ2) is 5.50. The Labute approximate surface area is 105 Å². The predicted molar refractivity (Wildman–Crippen MR) is 74.7 cm³/mol. The Bertz CT molecular complexity index is 369. The zero-order valence-corrected chi connectivity index (χ0v) is 10.8. The van der Waals surface area contributed by atoms with E-state index in [9.17, 15) is 0 Å². The summed E-state index contributed by atoms with van der Waals surface area (Å²) < 4.78 is 0. The van der Waals surface area contributed by atoms with Crippen molar-refractivity contribution in [3.63, 3.8) is 0 Å². The van der Waals surface area contributed by atoms with E-state index < -0.39 is 0 Å². The van der Waals surface area contributed by atoms with E-state index in [0.29, 0.717) is 5.92 Å². The topological polar surface area (TPSA) is 26.0 Å². The summed E-state index contributed by atoms with van der Waals surface area (Å²) in [5.41, 5.74) is 9.67. The SMILES string of the molecule is C=C(c1ccc(C(C)N)cc1)C1CCCCC1. The van der Waals surface area contributed by atoms with Gasteiger partial charge < -0.3 is 5.73 Å². The number of hydrogen-bond donors (Lipinski definition) is 1. The van der Waals surface area contributed by atoms with Gasteiger partial charge in [0.05, 0.1) is 0 Å². The molecule has 2 rings (SSSR count). The maximum absolute atomic E-state index is 5.86. The quantitative estimate of drug-likeness (QED) is 0.821. The molecular weight excluding hydrogens is 206 g/mol. The summed E-state index contributed by atoms with van der Waals surface area (Å²) in [7, 11) is 0. The van der Waals surface area contributed by atoms with Crippen molar-refractivity contribution < 1.29 is 0 Å². The van der Waals surface area contributed by atoms with E-state index in [0.717, 1.165) is 0 Å². The minimum atomic E-state index is 0.118. The summed E-state index contributed by atoms with van der Waals surface area (Å²) in [4.78, 5) is 0. The number of rotatable bonds is 3. The summed E-state index contributed by atoms with van der Waals surface area (Å²) in [6.07, 6.45) is 6.75. The van der Waals surface area contributed by atoms with Gasteiger partial charge in [-0.25, -0.2) is 0 Å². The molecule has 0 heterocycles. The van der Waals surface area contributed by atoms with Crippen molar-refractivity contribution in [1.29, 1.82) is 0 Å². The summed E-state index contributed by atoms with van der Waals surface area (Å²) in [6, 6.07) is 8.74. The van der Waals surface area contributed by atoms with E-state index in [2.05, 4.69) is 30.8 Å². The Hall–Kier alpha value is -1.08. The number of nitrogens with two attached hydrogens (primary N) is 1. The third kappa shape index (κ3) is 2.98. The third-order valence-electron chi connectivity index (χ3n) is 3.91. The molecule has 1 aliphatic carbocycles. The molecule has 0 bridgehead atoms. The molecule has 0 spiro atoms. The van der Waals surface area contributed by atoms with Gasteiger partial charge in [0.25, 0.3) is 0 Å². The van der Waals surface area contributed by atoms with E-state index in [1.807, 2.05) is 6.92 Å². The number of hydrogen-bond acceptors (Lipinski definition) is 1. The lowest BCUT2D eigenvalue weighted by Crippen LogP contribution is -2.08. The van der Waals surface area contributed by atoms with Crippen molar-refractivity contribution >= 4 is 5.57 Å². The van der Waals surface area contributed by atoms with Crippen LogP contribution >= 0.6 is 0 Å². The van der Waals surface area contributed by atoms with Gasteiger partial charge in [-0.3, -0.25) is 0 Å². The molecule has 1 aliphatic rings. The van der Waals surface area contributed by atoms with E-state index in [1.54, 1.807) is 0 Å². The molecule has 0 aliphatic heterocycles. The maximum atomic E-state index is 5.86. The minimum Gasteiger partial charge on any atom is -0.324 e. The van der Waals surface area contributed by atoms with Crippen molar-refractivity contribution in [3.05, 3.63) is 42.0 Å². The molecule has 92 valence electrons. The second-order valence-electron chi connectivity index (χ2n) is 5.27. The number of benzene rings is 1. The van der Waals surface area contributed by atoms with Crippen LogP contribution in [0, 0.1) is 5.92 Å². The first-order valence-corrected chi connectivity index (χ1v) is 6.73. The minimum absolute atomic E-state index is 0.118. The molecule has 1 saturated carbocycles. The van der Waals surface area contributed by atoms with Crippen molar-refractivity contribution in [1.82, 2.24) is 0 Å². The average Bonchev–Trinajstić information content (AvgIpc) is 2.39. The largest absolute Gasteiger partial charge is 0.324 e. The molecule has 1 atom stereocenters. The molecule has 1 heteroatoms. The first kappa shape index (κ1) is 12.4. The lowest BCUT2D eigenvalue weighted by atomic mass is 9.81. The van der Waals surface area contributed by atoms with Gasteiger partial charge in [-0.05, 0) is 42.4 Å². The zero-order chi connectivity index (χ0) is 12.3. The van der Waals surface area contributed by atoms with Crippen LogP contribution in [0.25, 0.3) is 5.57 Å². The molecule has 0 saturated heterocycles. The van der Waals surface area contributed by atoms with Crippen LogP contribution in [0.5, 0.6) is 0 Å². The zero-order valence-electron chi connectivity index (χ0n) is 10.8. The average molecular weight is 229 g/mol. The second-order valence-corrected chi connectivity index (χ2v) is 5.27. The van der Waals surface area contributed by atoms with Gasteiger partial charge in [0.15, 0.2) is 0 Å². The molecule has 0 amide bonds. The van der Waals surface area contributed by atoms with Crippen molar-refractivity contribution in [2.24, 2.45) is 11.7 Å². The molecular formula is C16H23N. The molecule has 0 radical (unpaired) electrons. The van der Waals surface area contributed by atoms with Crippen molar-refractivity contribution in [2.75, 3.05) is 0 Å². The highest BCUT2D eigenvalue weighted by Gasteiger charge is 2.17. The van der Waals surface area contributed by atoms with Crippen molar-refractivity contribution in [2.45, 2.75) is 45.1 Å². The van der Waals surface area contributed by atoms with E-state index in [4.69, 9.17) is 5.73 Å². The van der Waals surface area contributed by atoms with E-state index in [1.165, 1.54) is 48.8 Å². The number of allylic oxidation sites excluding steroid dienone is 1. The normalized spacial score (nSPS) is 18.9. The van der Waals surface area contributed by atoms with E-state index in [-0.39, 0.29) is 6.04 Å². The molecule has 1 unspecified atom stereocenters. The Morgan fingerprint density at radius 1 is 1.18 bits per heavy atom. The summed E-state index contributed by atoms with van der Waals surface area (Å²) in [5.74, 6) is 0.699. The van der Waals surface area contributed by atoms with Crippen LogP contribution in [0.1, 0.15) is 56.2 Å². The van der Waals surface area contributed by atoms with E-state index >= 15 is 0 Å². The Morgan fingerprint density at radius 2 is 1.76 bits per heavy atom. The van der Waals surface area contributed by atoms with Crippen LogP contribution in [0.15, 0.2) is 30.8 Å². The van der Waals surface area contributed by atoms with Crippen LogP contribution < -0.4 is 5.73 Å². The summed E-state index contributed by atoms with van der Waals surface area (Å²) in [6.45, 7) is 6.31. The van der Waals surface area contributed by atoms with Gasteiger partial charge in [0, 0.05) is 6.04 Å². The molecule has 0 aromatic heterocycles. The first-order valence-electron chi connectivity index (χ1n) is 6.73. The van der Waals surface area contributed by atoms with Gasteiger partial charge in [0.2, 0.25) is 0 Å². The molecule has 1 aromatic rings. The lowest BCUT2D eigenvalue weighted by Gasteiger charge is -2.24. The fourth-order valence-corrected chi connectivity index (χ4v) is 2.69. The highest BCUT2D eigenvalue weighted by atomic mass is 14.6. The van der Waals surface area contributed by atoms with Crippen LogP contribution in [0.3, 0.4) is 0 Å². The van der Waals surface area contributed by atoms with Gasteiger partial charge in [-0.2, -0.15) is 0 Å². The Kier molecular flexibility index (Phi) is 4.01. The monoisotopic (exact) mass is 229 g/mol. The molecule has 2 N–H and O–H groups in total. The maximum Gasteiger partial charge on any atom is 0.0266 e. The fraction of sp³-hybridized carbons (Fsp3) is 0.500. The lowest BCUT2D eigenvalue weighted by molar-refractivity contribution is 0.430. The first-order chi connectivity index (χ1) is 8.18. The molecule has 1 nitrogen and oxygen atoms in total. The molecule has 1 aromatic carbocycles. The summed E-state index contributed by atoms with van der Waals surface area (Å²) in [5, 5.41) is 0. The predicted octanol–water partition coefficient (Wildman–Crippen LogP) is 4.30. The highest BCUT2D eigenvalue weighted by Crippen LogP contribution is 2.34. The summed E-state index contributed by atoms with van der Waals surface area (Å²) >= 11 is 0. The third-order valence-corrected chi connectivity index (χ3v) is 3.91. The smallest absolute Gasteiger partial charge is 0.0266 e. The fourth-order valence-electron chi connectivity index (χ4n) is 2.69. The van der Waals surface area contributed by atoms with Crippen LogP contribution in [0.4, 0.5) is 0 Å². The van der Waals surface area contributed by atoms with Gasteiger partial charge in [0.1, 0.15) is 0 Å².